The van der Waals surface area contributed by atoms with Crippen molar-refractivity contribution in [3.05, 3.63) is 82.4 Å². The van der Waals surface area contributed by atoms with Crippen LogP contribution in [0.25, 0.3) is 0 Å². The SMILES string of the molecule is CC1CCN(CCNC(=O)c2[nH]cnc2C(=O)Nc2ccc(CC(=O)c3ccccc3Cl)cc2)CC1. The van der Waals surface area contributed by atoms with E-state index < -0.39 is 5.91 Å². The van der Waals surface area contributed by atoms with Crippen molar-refractivity contribution in [1.29, 1.82) is 0 Å². The maximum atomic E-state index is 12.8. The van der Waals surface area contributed by atoms with Gasteiger partial charge in [-0.3, -0.25) is 14.4 Å². The topological polar surface area (TPSA) is 107 Å². The molecule has 0 aliphatic carbocycles. The Morgan fingerprint density at radius 2 is 1.78 bits per heavy atom. The zero-order valence-electron chi connectivity index (χ0n) is 20.2. The quantitative estimate of drug-likeness (QED) is 0.376. The lowest BCUT2D eigenvalue weighted by Gasteiger charge is -2.30. The maximum Gasteiger partial charge on any atom is 0.276 e. The summed E-state index contributed by atoms with van der Waals surface area (Å²) in [5.74, 6) is -0.184. The van der Waals surface area contributed by atoms with E-state index in [0.717, 1.165) is 31.1 Å². The highest BCUT2D eigenvalue weighted by atomic mass is 35.5. The fourth-order valence-electron chi connectivity index (χ4n) is 4.21. The number of aromatic nitrogens is 2. The standard InChI is InChI=1S/C27H30ClN5O3/c1-18-10-13-33(14-11-18)15-12-29-26(35)24-25(31-17-30-24)27(36)32-20-8-6-19(7-9-20)16-23(34)21-4-2-3-5-22(21)28/h2-9,17-18H,10-16H2,1H3,(H,29,35)(H,30,31)(H,32,36). The second kappa shape index (κ2) is 12.0. The third kappa shape index (κ3) is 6.59. The van der Waals surface area contributed by atoms with Gasteiger partial charge in [-0.2, -0.15) is 0 Å². The highest BCUT2D eigenvalue weighted by molar-refractivity contribution is 6.34. The number of anilines is 1. The van der Waals surface area contributed by atoms with Crippen LogP contribution in [0.1, 0.15) is 56.7 Å². The van der Waals surface area contributed by atoms with E-state index in [-0.39, 0.29) is 29.5 Å². The Morgan fingerprint density at radius 3 is 2.50 bits per heavy atom. The molecule has 4 rings (SSSR count). The van der Waals surface area contributed by atoms with Gasteiger partial charge in [0, 0.05) is 30.8 Å². The van der Waals surface area contributed by atoms with Crippen LogP contribution < -0.4 is 10.6 Å². The lowest BCUT2D eigenvalue weighted by atomic mass is 9.99. The number of aromatic amines is 1. The molecule has 3 aromatic rings. The van der Waals surface area contributed by atoms with Crippen molar-refractivity contribution in [1.82, 2.24) is 20.2 Å². The fourth-order valence-corrected chi connectivity index (χ4v) is 4.45. The van der Waals surface area contributed by atoms with Gasteiger partial charge in [0.1, 0.15) is 5.69 Å². The predicted octanol–water partition coefficient (Wildman–Crippen LogP) is 4.20. The molecule has 0 bridgehead atoms. The molecule has 0 spiro atoms. The van der Waals surface area contributed by atoms with Crippen LogP contribution in [0.15, 0.2) is 54.9 Å². The Kier molecular flexibility index (Phi) is 8.51. The molecule has 8 nitrogen and oxygen atoms in total. The minimum Gasteiger partial charge on any atom is -0.349 e. The Morgan fingerprint density at radius 1 is 1.06 bits per heavy atom. The number of hydrogen-bond donors (Lipinski definition) is 3. The summed E-state index contributed by atoms with van der Waals surface area (Å²) in [6.45, 7) is 5.63. The minimum atomic E-state index is -0.494. The summed E-state index contributed by atoms with van der Waals surface area (Å²) in [5.41, 5.74) is 1.95. The molecule has 9 heteroatoms. The smallest absolute Gasteiger partial charge is 0.276 e. The number of carbonyl (C=O) groups is 3. The number of rotatable bonds is 9. The molecule has 0 unspecified atom stereocenters. The summed E-state index contributed by atoms with van der Waals surface area (Å²) >= 11 is 6.11. The molecule has 188 valence electrons. The van der Waals surface area contributed by atoms with Crippen LogP contribution >= 0.6 is 11.6 Å². The number of carbonyl (C=O) groups excluding carboxylic acids is 3. The van der Waals surface area contributed by atoms with Crippen LogP contribution in [0.3, 0.4) is 0 Å². The van der Waals surface area contributed by atoms with Gasteiger partial charge in [0.2, 0.25) is 0 Å². The van der Waals surface area contributed by atoms with Crippen LogP contribution in [0, 0.1) is 5.92 Å². The Balaban J connectivity index is 1.30. The Hall–Kier alpha value is -3.49. The van der Waals surface area contributed by atoms with Gasteiger partial charge in [0.25, 0.3) is 11.8 Å². The summed E-state index contributed by atoms with van der Waals surface area (Å²) < 4.78 is 0. The van der Waals surface area contributed by atoms with Gasteiger partial charge in [-0.25, -0.2) is 4.98 Å². The van der Waals surface area contributed by atoms with E-state index in [4.69, 9.17) is 11.6 Å². The minimum absolute atomic E-state index is 0.0253. The number of H-pyrrole nitrogens is 1. The maximum absolute atomic E-state index is 12.8. The largest absolute Gasteiger partial charge is 0.349 e. The average Bonchev–Trinajstić information content (AvgIpc) is 3.37. The summed E-state index contributed by atoms with van der Waals surface area (Å²) in [5, 5.41) is 6.05. The van der Waals surface area contributed by atoms with Gasteiger partial charge in [-0.05, 0) is 61.7 Å². The van der Waals surface area contributed by atoms with Crippen molar-refractivity contribution in [2.45, 2.75) is 26.2 Å². The second-order valence-corrected chi connectivity index (χ2v) is 9.54. The first kappa shape index (κ1) is 25.6. The van der Waals surface area contributed by atoms with Crippen LogP contribution in [-0.4, -0.2) is 58.6 Å². The lowest BCUT2D eigenvalue weighted by Crippen LogP contribution is -2.39. The molecule has 1 aliphatic heterocycles. The van der Waals surface area contributed by atoms with Crippen molar-refractivity contribution >= 4 is 34.9 Å². The van der Waals surface area contributed by atoms with Gasteiger partial charge in [-0.1, -0.05) is 42.8 Å². The average molecular weight is 508 g/mol. The first-order chi connectivity index (χ1) is 17.4. The van der Waals surface area contributed by atoms with Gasteiger partial charge in [0.05, 0.1) is 11.3 Å². The van der Waals surface area contributed by atoms with Crippen molar-refractivity contribution in [2.24, 2.45) is 5.92 Å². The molecular weight excluding hydrogens is 478 g/mol. The van der Waals surface area contributed by atoms with Gasteiger partial charge < -0.3 is 20.5 Å². The first-order valence-corrected chi connectivity index (χ1v) is 12.5. The van der Waals surface area contributed by atoms with Crippen molar-refractivity contribution < 1.29 is 14.4 Å². The van der Waals surface area contributed by atoms with Crippen molar-refractivity contribution in [3.8, 4) is 0 Å². The summed E-state index contributed by atoms with van der Waals surface area (Å²) in [7, 11) is 0. The molecule has 0 saturated carbocycles. The number of amides is 2. The number of halogens is 1. The number of hydrogen-bond acceptors (Lipinski definition) is 5. The number of ketones is 1. The molecule has 0 atom stereocenters. The molecule has 1 aromatic heterocycles. The van der Waals surface area contributed by atoms with E-state index in [1.165, 1.54) is 19.2 Å². The molecule has 2 aromatic carbocycles. The molecule has 1 saturated heterocycles. The number of benzene rings is 2. The molecule has 0 radical (unpaired) electrons. The van der Waals surface area contributed by atoms with Crippen LogP contribution in [-0.2, 0) is 6.42 Å². The third-order valence-corrected chi connectivity index (χ3v) is 6.75. The van der Waals surface area contributed by atoms with E-state index >= 15 is 0 Å². The first-order valence-electron chi connectivity index (χ1n) is 12.1. The summed E-state index contributed by atoms with van der Waals surface area (Å²) in [6.07, 6.45) is 3.88. The summed E-state index contributed by atoms with van der Waals surface area (Å²) in [6, 6.07) is 13.9. The third-order valence-electron chi connectivity index (χ3n) is 6.42. The molecule has 3 N–H and O–H groups in total. The number of piperidine rings is 1. The van der Waals surface area contributed by atoms with Crippen LogP contribution in [0.4, 0.5) is 5.69 Å². The highest BCUT2D eigenvalue weighted by Crippen LogP contribution is 2.19. The van der Waals surface area contributed by atoms with Crippen LogP contribution in [0.2, 0.25) is 5.02 Å². The number of nitrogens with one attached hydrogen (secondary N) is 3. The molecule has 2 amide bonds. The molecular formula is C27H30ClN5O3. The zero-order valence-corrected chi connectivity index (χ0v) is 21.0. The van der Waals surface area contributed by atoms with E-state index in [2.05, 4.69) is 32.4 Å². The molecule has 2 heterocycles. The summed E-state index contributed by atoms with van der Waals surface area (Å²) in [4.78, 5) is 47.1. The van der Waals surface area contributed by atoms with Crippen LogP contribution in [0.5, 0.6) is 0 Å². The molecule has 36 heavy (non-hydrogen) atoms. The van der Waals surface area contributed by atoms with E-state index in [9.17, 15) is 14.4 Å². The highest BCUT2D eigenvalue weighted by Gasteiger charge is 2.21. The normalized spacial score (nSPS) is 14.4. The van der Waals surface area contributed by atoms with E-state index in [0.29, 0.717) is 22.8 Å². The number of nitrogens with zero attached hydrogens (tertiary/aromatic N) is 2. The van der Waals surface area contributed by atoms with E-state index in [1.54, 1.807) is 48.5 Å². The van der Waals surface area contributed by atoms with Crippen molar-refractivity contribution in [3.63, 3.8) is 0 Å². The van der Waals surface area contributed by atoms with Gasteiger partial charge >= 0.3 is 0 Å². The molecule has 1 aliphatic rings. The van der Waals surface area contributed by atoms with Gasteiger partial charge in [-0.15, -0.1) is 0 Å². The zero-order chi connectivity index (χ0) is 25.5. The fraction of sp³-hybridized carbons (Fsp3) is 0.333. The monoisotopic (exact) mass is 507 g/mol. The Bertz CT molecular complexity index is 1220. The lowest BCUT2D eigenvalue weighted by molar-refractivity contribution is 0.0927. The van der Waals surface area contributed by atoms with Crippen molar-refractivity contribution in [2.75, 3.05) is 31.5 Å². The molecule has 1 fully saturated rings. The van der Waals surface area contributed by atoms with Gasteiger partial charge in [0.15, 0.2) is 11.5 Å². The number of likely N-dealkylation sites (tertiary alicyclic amines) is 1. The predicted molar refractivity (Wildman–Crippen MR) is 140 cm³/mol. The van der Waals surface area contributed by atoms with E-state index in [1.807, 2.05) is 0 Å². The Labute approximate surface area is 215 Å². The number of imidazole rings is 1. The number of Topliss-reactive ketones (excluding diaryl/α,β-unsaturated/α-hetero) is 1. The second-order valence-electron chi connectivity index (χ2n) is 9.14.